The Labute approximate surface area is 141 Å². The van der Waals surface area contributed by atoms with Crippen LogP contribution in [0.5, 0.6) is 0 Å². The molecule has 0 aliphatic rings. The number of benzene rings is 1. The smallest absolute Gasteiger partial charge is 0.224 e. The summed E-state index contributed by atoms with van der Waals surface area (Å²) < 4.78 is 2.05. The lowest BCUT2D eigenvalue weighted by Crippen LogP contribution is -2.13. The number of fused-ring (bicyclic) bond motifs is 1. The van der Waals surface area contributed by atoms with Crippen molar-refractivity contribution in [3.8, 4) is 0 Å². The number of carbonyl (C=O) groups excluding carboxylic acids is 1. The van der Waals surface area contributed by atoms with E-state index in [-0.39, 0.29) is 5.91 Å². The molecule has 0 fully saturated rings. The molecule has 2 heterocycles. The van der Waals surface area contributed by atoms with E-state index >= 15 is 0 Å². The van der Waals surface area contributed by atoms with E-state index in [2.05, 4.69) is 14.7 Å². The van der Waals surface area contributed by atoms with Crippen molar-refractivity contribution in [3.05, 3.63) is 60.0 Å². The summed E-state index contributed by atoms with van der Waals surface area (Å²) in [5.41, 5.74) is 4.91. The second-order valence-corrected chi connectivity index (χ2v) is 6.06. The predicted octanol–water partition coefficient (Wildman–Crippen LogP) is 3.28. The Hall–Kier alpha value is -2.82. The Morgan fingerprint density at radius 3 is 2.62 bits per heavy atom. The summed E-state index contributed by atoms with van der Waals surface area (Å²) in [5, 5.41) is 2.95. The molecular formula is C19H22N4O. The SMILES string of the molecule is Cc1nc2ccccn2c1CCC(=O)Nc1ccc(N(C)C)cc1. The van der Waals surface area contributed by atoms with Gasteiger partial charge in [-0.15, -0.1) is 0 Å². The molecule has 3 aromatic rings. The molecule has 5 nitrogen and oxygen atoms in total. The van der Waals surface area contributed by atoms with Gasteiger partial charge in [0.25, 0.3) is 0 Å². The first-order valence-corrected chi connectivity index (χ1v) is 8.04. The van der Waals surface area contributed by atoms with Gasteiger partial charge in [-0.2, -0.15) is 0 Å². The van der Waals surface area contributed by atoms with E-state index in [0.717, 1.165) is 28.4 Å². The molecule has 0 atom stereocenters. The number of nitrogens with one attached hydrogen (secondary N) is 1. The highest BCUT2D eigenvalue weighted by Gasteiger charge is 2.10. The first-order chi connectivity index (χ1) is 11.5. The second-order valence-electron chi connectivity index (χ2n) is 6.06. The second kappa shape index (κ2) is 6.74. The van der Waals surface area contributed by atoms with Crippen LogP contribution >= 0.6 is 0 Å². The van der Waals surface area contributed by atoms with Crippen LogP contribution in [0.2, 0.25) is 0 Å². The molecule has 0 spiro atoms. The zero-order valence-electron chi connectivity index (χ0n) is 14.3. The lowest BCUT2D eigenvalue weighted by atomic mass is 10.2. The predicted molar refractivity (Wildman–Crippen MR) is 97.6 cm³/mol. The quantitative estimate of drug-likeness (QED) is 0.784. The van der Waals surface area contributed by atoms with E-state index in [1.54, 1.807) is 0 Å². The number of carbonyl (C=O) groups is 1. The molecule has 0 saturated carbocycles. The molecule has 5 heteroatoms. The van der Waals surface area contributed by atoms with Crippen molar-refractivity contribution in [2.24, 2.45) is 0 Å². The van der Waals surface area contributed by atoms with Gasteiger partial charge in [0.15, 0.2) is 0 Å². The maximum Gasteiger partial charge on any atom is 0.224 e. The topological polar surface area (TPSA) is 49.6 Å². The van der Waals surface area contributed by atoms with E-state index in [9.17, 15) is 4.79 Å². The van der Waals surface area contributed by atoms with Crippen LogP contribution in [-0.4, -0.2) is 29.4 Å². The third-order valence-electron chi connectivity index (χ3n) is 4.09. The average Bonchev–Trinajstić information content (AvgIpc) is 2.88. The Morgan fingerprint density at radius 1 is 1.17 bits per heavy atom. The fourth-order valence-electron chi connectivity index (χ4n) is 2.76. The fourth-order valence-corrected chi connectivity index (χ4v) is 2.76. The zero-order valence-corrected chi connectivity index (χ0v) is 14.3. The summed E-state index contributed by atoms with van der Waals surface area (Å²) in [6.07, 6.45) is 3.08. The Balaban J connectivity index is 1.63. The van der Waals surface area contributed by atoms with E-state index in [4.69, 9.17) is 0 Å². The normalized spacial score (nSPS) is 10.8. The number of anilines is 2. The zero-order chi connectivity index (χ0) is 17.1. The third kappa shape index (κ3) is 3.40. The number of aryl methyl sites for hydroxylation is 2. The molecule has 0 saturated heterocycles. The maximum absolute atomic E-state index is 12.2. The largest absolute Gasteiger partial charge is 0.378 e. The van der Waals surface area contributed by atoms with Crippen LogP contribution in [-0.2, 0) is 11.2 Å². The van der Waals surface area contributed by atoms with Crippen molar-refractivity contribution in [1.82, 2.24) is 9.38 Å². The highest BCUT2D eigenvalue weighted by Crippen LogP contribution is 2.17. The summed E-state index contributed by atoms with van der Waals surface area (Å²) in [4.78, 5) is 18.8. The van der Waals surface area contributed by atoms with Gasteiger partial charge in [-0.05, 0) is 49.7 Å². The summed E-state index contributed by atoms with van der Waals surface area (Å²) >= 11 is 0. The first-order valence-electron chi connectivity index (χ1n) is 8.04. The standard InChI is InChI=1S/C19H22N4O/c1-14-17(23-13-5-4-6-18(23)20-14)11-12-19(24)21-15-7-9-16(10-8-15)22(2)3/h4-10,13H,11-12H2,1-3H3,(H,21,24). The van der Waals surface area contributed by atoms with Crippen molar-refractivity contribution in [2.75, 3.05) is 24.3 Å². The van der Waals surface area contributed by atoms with E-state index in [0.29, 0.717) is 12.8 Å². The minimum atomic E-state index is 0.0119. The molecular weight excluding hydrogens is 300 g/mol. The highest BCUT2D eigenvalue weighted by atomic mass is 16.1. The number of imidazole rings is 1. The molecule has 2 aromatic heterocycles. The van der Waals surface area contributed by atoms with Crippen LogP contribution in [0.3, 0.4) is 0 Å². The molecule has 3 rings (SSSR count). The molecule has 0 unspecified atom stereocenters. The monoisotopic (exact) mass is 322 g/mol. The Bertz CT molecular complexity index is 849. The van der Waals surface area contributed by atoms with Crippen molar-refractivity contribution in [2.45, 2.75) is 19.8 Å². The molecule has 0 aliphatic carbocycles. The van der Waals surface area contributed by atoms with Gasteiger partial charge in [0.05, 0.1) is 5.69 Å². The summed E-state index contributed by atoms with van der Waals surface area (Å²) in [5.74, 6) is 0.0119. The van der Waals surface area contributed by atoms with Gasteiger partial charge < -0.3 is 14.6 Å². The average molecular weight is 322 g/mol. The Kier molecular flexibility index (Phi) is 4.51. The summed E-state index contributed by atoms with van der Waals surface area (Å²) in [6, 6.07) is 13.7. The molecule has 1 N–H and O–H groups in total. The van der Waals surface area contributed by atoms with Gasteiger partial charge >= 0.3 is 0 Å². The molecule has 24 heavy (non-hydrogen) atoms. The third-order valence-corrected chi connectivity index (χ3v) is 4.09. The van der Waals surface area contributed by atoms with Gasteiger partial charge in [-0.1, -0.05) is 6.07 Å². The molecule has 1 aromatic carbocycles. The van der Waals surface area contributed by atoms with E-state index in [1.807, 2.05) is 74.6 Å². The lowest BCUT2D eigenvalue weighted by molar-refractivity contribution is -0.116. The molecule has 0 radical (unpaired) electrons. The van der Waals surface area contributed by atoms with Crippen LogP contribution in [0, 0.1) is 6.92 Å². The van der Waals surface area contributed by atoms with Crippen molar-refractivity contribution in [1.29, 1.82) is 0 Å². The summed E-state index contributed by atoms with van der Waals surface area (Å²) in [6.45, 7) is 1.99. The molecule has 1 amide bonds. The number of rotatable bonds is 5. The van der Waals surface area contributed by atoms with Crippen LogP contribution in [0.4, 0.5) is 11.4 Å². The van der Waals surface area contributed by atoms with Gasteiger partial charge in [-0.25, -0.2) is 4.98 Å². The van der Waals surface area contributed by atoms with Crippen molar-refractivity contribution >= 4 is 22.9 Å². The minimum absolute atomic E-state index is 0.0119. The van der Waals surface area contributed by atoms with E-state index < -0.39 is 0 Å². The fraction of sp³-hybridized carbons (Fsp3) is 0.263. The van der Waals surface area contributed by atoms with Crippen molar-refractivity contribution in [3.63, 3.8) is 0 Å². The van der Waals surface area contributed by atoms with E-state index in [1.165, 1.54) is 0 Å². The van der Waals surface area contributed by atoms with Crippen molar-refractivity contribution < 1.29 is 4.79 Å². The number of hydrogen-bond donors (Lipinski definition) is 1. The lowest BCUT2D eigenvalue weighted by Gasteiger charge is -2.13. The number of nitrogens with zero attached hydrogens (tertiary/aromatic N) is 3. The van der Waals surface area contributed by atoms with Crippen LogP contribution < -0.4 is 10.2 Å². The molecule has 0 bridgehead atoms. The number of hydrogen-bond acceptors (Lipinski definition) is 3. The number of pyridine rings is 1. The summed E-state index contributed by atoms with van der Waals surface area (Å²) in [7, 11) is 3.98. The number of amides is 1. The van der Waals surface area contributed by atoms with Gasteiger partial charge in [0.1, 0.15) is 5.65 Å². The van der Waals surface area contributed by atoms with Gasteiger partial charge in [0, 0.05) is 43.8 Å². The number of aromatic nitrogens is 2. The van der Waals surface area contributed by atoms with Crippen LogP contribution in [0.15, 0.2) is 48.7 Å². The Morgan fingerprint density at radius 2 is 1.92 bits per heavy atom. The van der Waals surface area contributed by atoms with Crippen LogP contribution in [0.25, 0.3) is 5.65 Å². The van der Waals surface area contributed by atoms with Gasteiger partial charge in [0.2, 0.25) is 5.91 Å². The highest BCUT2D eigenvalue weighted by molar-refractivity contribution is 5.91. The molecule has 124 valence electrons. The van der Waals surface area contributed by atoms with Gasteiger partial charge in [-0.3, -0.25) is 4.79 Å². The maximum atomic E-state index is 12.2. The first kappa shape index (κ1) is 16.1. The molecule has 0 aliphatic heterocycles. The minimum Gasteiger partial charge on any atom is -0.378 e. The van der Waals surface area contributed by atoms with Crippen LogP contribution in [0.1, 0.15) is 17.8 Å².